The standard InChI is InChI=1S/C11H23BN2O4.C11H23BN2O3.2C10H21BN2O3.C9H19BN2O3.C9H18BNO4/c1-2-6-13-9-7-14-10(11(15)16)8(9)4-3-5-12(17)18;1-3-13-9-7-14-10(11(15)16)8(9)5-4-6-12(2)17;1-11(16)5-3-4-7-8(12-2)6-13-9(7)10(14)15;1-11(16)4-2-3-8-7(5-12)6-13-9(8)10(14)15;1-10(15)4-2-3-6-7(11)5-12-8(6)9(13)14;1-10(15)4-2-3-6-7(12)5-11-8(6)9(13)14/h8-10,13-14,17-18H,2-7H2,1H3,(H,15,16);8-10,13-14,17H,3-7H2,1-2H3,(H,15,16);7-9,12-13,16H,3-6H2,1-2H3,(H,14,15);7-9,13,16H,2-6,12H2,1H3,(H,14,15);6-8,12,15H,2-5,11H2,1H3,(H,13,14);6-8,11-12,15H,2-5H2,1H3,(H,13,14). The van der Waals surface area contributed by atoms with Gasteiger partial charge in [0.2, 0.25) is 0 Å². The predicted molar refractivity (Wildman–Crippen MR) is 380 cm³/mol. The van der Waals surface area contributed by atoms with Crippen LogP contribution >= 0.6 is 0 Å². The number of aliphatic carboxylic acids is 6. The molecule has 18 unspecified atom stereocenters. The van der Waals surface area contributed by atoms with Gasteiger partial charge in [0.15, 0.2) is 0 Å². The summed E-state index contributed by atoms with van der Waals surface area (Å²) in [7, 11) is 0.558. The van der Waals surface area contributed by atoms with Crippen LogP contribution in [0.15, 0.2) is 0 Å². The summed E-state index contributed by atoms with van der Waals surface area (Å²) in [5.41, 5.74) is 11.5. The number of carboxylic acids is 6. The summed E-state index contributed by atoms with van der Waals surface area (Å²) in [5.74, 6) is -4.58. The molecule has 0 aromatic rings. The number of likely N-dealkylation sites (N-methyl/N-ethyl adjacent to an activating group) is 2. The molecular formula is C60H125B6N11O20. The highest BCUT2D eigenvalue weighted by Gasteiger charge is 2.44. The van der Waals surface area contributed by atoms with Crippen LogP contribution in [0.1, 0.15) is 97.3 Å². The second-order valence-corrected chi connectivity index (χ2v) is 27.5. The van der Waals surface area contributed by atoms with Gasteiger partial charge in [-0.05, 0) is 121 Å². The first-order valence-corrected chi connectivity index (χ1v) is 35.6. The summed E-state index contributed by atoms with van der Waals surface area (Å²) in [6, 6.07) is -2.55. The lowest BCUT2D eigenvalue weighted by atomic mass is 9.66. The van der Waals surface area contributed by atoms with Crippen molar-refractivity contribution in [3.63, 3.8) is 0 Å². The van der Waals surface area contributed by atoms with Crippen LogP contribution in [0.4, 0.5) is 0 Å². The Balaban J connectivity index is 0.000000583. The van der Waals surface area contributed by atoms with Gasteiger partial charge in [0.1, 0.15) is 36.3 Å². The Labute approximate surface area is 577 Å². The van der Waals surface area contributed by atoms with E-state index in [1.165, 1.54) is 0 Å². The summed E-state index contributed by atoms with van der Waals surface area (Å²) in [5, 5.41) is 155. The van der Waals surface area contributed by atoms with Crippen LogP contribution in [0.3, 0.4) is 0 Å². The quantitative estimate of drug-likeness (QED) is 0.0283. The average molecular weight is 1390 g/mol. The molecule has 37 heteroatoms. The Bertz CT molecular complexity index is 2100. The van der Waals surface area contributed by atoms with Crippen molar-refractivity contribution >= 4 is 77.5 Å². The zero-order chi connectivity index (χ0) is 73.5. The Morgan fingerprint density at radius 2 is 0.711 bits per heavy atom. The largest absolute Gasteiger partial charge is 0.480 e. The molecule has 0 aliphatic carbocycles. The van der Waals surface area contributed by atoms with Gasteiger partial charge in [-0.1, -0.05) is 86.5 Å². The molecule has 6 saturated heterocycles. The van der Waals surface area contributed by atoms with E-state index in [-0.39, 0.29) is 100 Å². The Hall–Kier alpha value is -3.55. The third-order valence-corrected chi connectivity index (χ3v) is 19.4. The zero-order valence-corrected chi connectivity index (χ0v) is 59.0. The van der Waals surface area contributed by atoms with Gasteiger partial charge in [0.25, 0.3) is 34.6 Å². The third kappa shape index (κ3) is 35.8. The minimum absolute atomic E-state index is 0.00722. The van der Waals surface area contributed by atoms with E-state index in [1.54, 1.807) is 34.1 Å². The van der Waals surface area contributed by atoms with Crippen molar-refractivity contribution in [2.24, 2.45) is 52.9 Å². The maximum atomic E-state index is 11.1. The Morgan fingerprint density at radius 3 is 1.07 bits per heavy atom. The summed E-state index contributed by atoms with van der Waals surface area (Å²) < 4.78 is 0. The smallest absolute Gasteiger partial charge is 0.451 e. The molecule has 31 nitrogen and oxygen atoms in total. The molecule has 0 saturated carbocycles. The highest BCUT2D eigenvalue weighted by molar-refractivity contribution is 6.49. The number of carboxylic acid groups (broad SMARTS) is 6. The fourth-order valence-electron chi connectivity index (χ4n) is 14.1. The van der Waals surface area contributed by atoms with Gasteiger partial charge in [-0.2, -0.15) is 0 Å². The van der Waals surface area contributed by atoms with Gasteiger partial charge in [-0.15, -0.1) is 0 Å². The first-order chi connectivity index (χ1) is 45.8. The SMILES string of the molecule is CB(O)CCCC1C(CN)CNC1C(=O)O.CB(O)CCCC1C(N)CNC1C(=O)O.CB(O)CCCC1C(O)CNC1C(=O)O.CCCNC1CNC(C(=O)O)C1CCCB(O)O.CCNC1CNC(C(=O)O)C1CCCB(C)O.CNC1CNC(C(=O)O)C1CCCB(C)O. The highest BCUT2D eigenvalue weighted by Crippen LogP contribution is 2.30. The molecule has 6 aliphatic rings. The molecule has 6 fully saturated rings. The number of aliphatic hydroxyl groups is 1. The molecule has 6 rings (SSSR count). The maximum absolute atomic E-state index is 11.1. The molecule has 18 atom stereocenters. The Kier molecular flexibility index (Phi) is 47.8. The maximum Gasteiger partial charge on any atom is 0.451 e. The van der Waals surface area contributed by atoms with E-state index < -0.39 is 85.3 Å². The van der Waals surface area contributed by atoms with E-state index in [9.17, 15) is 43.9 Å². The molecule has 97 heavy (non-hydrogen) atoms. The number of nitrogens with one attached hydrogen (secondary N) is 9. The summed E-state index contributed by atoms with van der Waals surface area (Å²) in [6.07, 6.45) is 13.6. The van der Waals surface area contributed by atoms with E-state index in [1.807, 2.05) is 14.0 Å². The number of nitrogens with two attached hydrogens (primary N) is 2. The molecule has 0 aromatic carbocycles. The topological polar surface area (TPSA) is 546 Å². The second kappa shape index (κ2) is 50.7. The lowest BCUT2D eigenvalue weighted by Crippen LogP contribution is -2.40. The van der Waals surface area contributed by atoms with Crippen molar-refractivity contribution in [2.45, 2.75) is 236 Å². The first kappa shape index (κ1) is 91.5. The van der Waals surface area contributed by atoms with Crippen LogP contribution < -0.4 is 59.3 Å². The number of rotatable bonds is 37. The molecule has 27 N–H and O–H groups in total. The molecule has 0 amide bonds. The normalized spacial score (nSPS) is 29.1. The van der Waals surface area contributed by atoms with E-state index in [0.29, 0.717) is 84.0 Å². The molecular weight excluding hydrogens is 1260 g/mol. The van der Waals surface area contributed by atoms with Crippen molar-refractivity contribution in [3.8, 4) is 0 Å². The van der Waals surface area contributed by atoms with Gasteiger partial charge in [-0.3, -0.25) is 28.8 Å². The van der Waals surface area contributed by atoms with E-state index in [4.69, 9.17) is 67.2 Å². The number of carbonyl (C=O) groups is 6. The highest BCUT2D eigenvalue weighted by atomic mass is 16.4. The van der Waals surface area contributed by atoms with Crippen LogP contribution in [-0.2, 0) is 28.8 Å². The minimum atomic E-state index is -1.30. The van der Waals surface area contributed by atoms with Crippen LogP contribution in [0.2, 0.25) is 72.0 Å². The molecule has 6 heterocycles. The molecule has 0 bridgehead atoms. The van der Waals surface area contributed by atoms with Gasteiger partial charge in [-0.25, -0.2) is 0 Å². The summed E-state index contributed by atoms with van der Waals surface area (Å²) >= 11 is 0. The van der Waals surface area contributed by atoms with E-state index in [0.717, 1.165) is 96.3 Å². The molecule has 6 aliphatic heterocycles. The zero-order valence-electron chi connectivity index (χ0n) is 59.0. The van der Waals surface area contributed by atoms with Crippen LogP contribution in [0, 0.1) is 41.4 Å². The lowest BCUT2D eigenvalue weighted by molar-refractivity contribution is -0.141. The molecule has 558 valence electrons. The number of hydrogen-bond acceptors (Lipinski definition) is 25. The summed E-state index contributed by atoms with van der Waals surface area (Å²) in [6.45, 7) is 17.1. The van der Waals surface area contributed by atoms with Gasteiger partial charge >= 0.3 is 42.9 Å². The fourth-order valence-corrected chi connectivity index (χ4v) is 14.1. The van der Waals surface area contributed by atoms with Crippen molar-refractivity contribution in [1.82, 2.24) is 47.9 Å². The van der Waals surface area contributed by atoms with Gasteiger partial charge in [0, 0.05) is 93.0 Å². The molecule has 0 radical (unpaired) electrons. The lowest BCUT2D eigenvalue weighted by Gasteiger charge is -2.22. The minimum Gasteiger partial charge on any atom is -0.480 e. The monoisotopic (exact) mass is 1390 g/mol. The number of aliphatic hydroxyl groups excluding tert-OH is 1. The second-order valence-electron chi connectivity index (χ2n) is 27.5. The van der Waals surface area contributed by atoms with E-state index in [2.05, 4.69) is 54.8 Å². The molecule has 0 spiro atoms. The van der Waals surface area contributed by atoms with Crippen LogP contribution in [0.5, 0.6) is 0 Å². The van der Waals surface area contributed by atoms with Crippen molar-refractivity contribution in [3.05, 3.63) is 0 Å². The first-order valence-electron chi connectivity index (χ1n) is 35.6. The predicted octanol–water partition coefficient (Wildman–Crippen LogP) is -2.63. The van der Waals surface area contributed by atoms with E-state index >= 15 is 0 Å². The van der Waals surface area contributed by atoms with Crippen LogP contribution in [-0.4, -0.2) is 281 Å². The average Bonchev–Trinajstić information content (AvgIpc) is 1.89. The fraction of sp³-hybridized carbons (Fsp3) is 0.900. The van der Waals surface area contributed by atoms with Gasteiger partial charge in [0.05, 0.1) is 6.10 Å². The summed E-state index contributed by atoms with van der Waals surface area (Å²) in [4.78, 5) is 66.0. The number of hydrogen-bond donors (Lipinski definition) is 25. The van der Waals surface area contributed by atoms with Gasteiger partial charge < -0.3 is 130 Å². The number of β-amino-alcohol motifs (C(OH)–C–C–N with tert-alkyl or cyclic N) is 1. The van der Waals surface area contributed by atoms with Crippen LogP contribution in [0.25, 0.3) is 0 Å². The van der Waals surface area contributed by atoms with Crippen molar-refractivity contribution in [1.29, 1.82) is 0 Å². The molecule has 0 aromatic heterocycles. The Morgan fingerprint density at radius 1 is 0.412 bits per heavy atom. The third-order valence-electron chi connectivity index (χ3n) is 19.4. The van der Waals surface area contributed by atoms with Crippen molar-refractivity contribution in [2.75, 3.05) is 66.0 Å². The van der Waals surface area contributed by atoms with Crippen molar-refractivity contribution < 1.29 is 99.7 Å².